The highest BCUT2D eigenvalue weighted by molar-refractivity contribution is 5.93. The molecule has 1 unspecified atom stereocenters. The number of amides is 1. The van der Waals surface area contributed by atoms with Gasteiger partial charge >= 0.3 is 5.97 Å². The maximum Gasteiger partial charge on any atom is 0.333 e. The number of benzene rings is 2. The van der Waals surface area contributed by atoms with Crippen molar-refractivity contribution in [1.82, 2.24) is 5.32 Å². The fourth-order valence-corrected chi connectivity index (χ4v) is 2.78. The molecule has 6 heteroatoms. The number of hydrogen-bond acceptors (Lipinski definition) is 5. The van der Waals surface area contributed by atoms with Crippen molar-refractivity contribution in [1.29, 1.82) is 0 Å². The van der Waals surface area contributed by atoms with Gasteiger partial charge in [0, 0.05) is 11.1 Å². The van der Waals surface area contributed by atoms with Crippen LogP contribution in [0.5, 0.6) is 0 Å². The van der Waals surface area contributed by atoms with Gasteiger partial charge in [-0.25, -0.2) is 4.79 Å². The molecule has 2 aromatic rings. The molecule has 0 radical (unpaired) electrons. The van der Waals surface area contributed by atoms with E-state index in [0.717, 1.165) is 5.56 Å². The van der Waals surface area contributed by atoms with Crippen molar-refractivity contribution in [2.45, 2.75) is 12.5 Å². The molecule has 1 aliphatic heterocycles. The van der Waals surface area contributed by atoms with Crippen molar-refractivity contribution < 1.29 is 14.3 Å². The first kappa shape index (κ1) is 19.2. The highest BCUT2D eigenvalue weighted by atomic mass is 16.5. The highest BCUT2D eigenvalue weighted by Crippen LogP contribution is 2.38. The van der Waals surface area contributed by atoms with E-state index < -0.39 is 11.5 Å². The smallest absolute Gasteiger partial charge is 0.333 e. The van der Waals surface area contributed by atoms with E-state index in [9.17, 15) is 9.59 Å². The fourth-order valence-electron chi connectivity index (χ4n) is 2.78. The molecule has 0 saturated carbocycles. The second-order valence-corrected chi connectivity index (χ2v) is 6.40. The normalized spacial score (nSPS) is 17.7. The summed E-state index contributed by atoms with van der Waals surface area (Å²) in [6.07, 6.45) is 1.76. The summed E-state index contributed by atoms with van der Waals surface area (Å²) in [6, 6.07) is 18.8. The third-order valence-corrected chi connectivity index (χ3v) is 4.26. The molecule has 28 heavy (non-hydrogen) atoms. The lowest BCUT2D eigenvalue weighted by molar-refractivity contribution is -0.139. The minimum Gasteiger partial charge on any atom is -0.460 e. The van der Waals surface area contributed by atoms with E-state index in [1.54, 1.807) is 13.0 Å². The van der Waals surface area contributed by atoms with Gasteiger partial charge in [-0.2, -0.15) is 10.2 Å². The third-order valence-electron chi connectivity index (χ3n) is 4.26. The molecule has 0 fully saturated rings. The van der Waals surface area contributed by atoms with Gasteiger partial charge in [0.05, 0.1) is 12.2 Å². The van der Waals surface area contributed by atoms with Crippen molar-refractivity contribution >= 4 is 17.6 Å². The molecule has 142 valence electrons. The molecule has 1 heterocycles. The molecule has 6 nitrogen and oxygen atoms in total. The van der Waals surface area contributed by atoms with E-state index in [2.05, 4.69) is 22.1 Å². The fraction of sp³-hybridized carbons (Fsp3) is 0.182. The Morgan fingerprint density at radius 2 is 1.71 bits per heavy atom. The summed E-state index contributed by atoms with van der Waals surface area (Å²) in [5.41, 5.74) is 1.28. The summed E-state index contributed by atoms with van der Waals surface area (Å²) in [5, 5.41) is 11.4. The molecule has 3 rings (SSSR count). The minimum atomic E-state index is -1.26. The van der Waals surface area contributed by atoms with E-state index in [-0.39, 0.29) is 19.1 Å². The zero-order valence-electron chi connectivity index (χ0n) is 15.6. The third kappa shape index (κ3) is 4.06. The molecule has 1 aliphatic rings. The molecule has 0 spiro atoms. The van der Waals surface area contributed by atoms with Gasteiger partial charge in [0.1, 0.15) is 6.61 Å². The first-order chi connectivity index (χ1) is 13.5. The maximum absolute atomic E-state index is 13.1. The topological polar surface area (TPSA) is 80.1 Å². The predicted octanol–water partition coefficient (Wildman–Crippen LogP) is 3.62. The van der Waals surface area contributed by atoms with Gasteiger partial charge in [-0.3, -0.25) is 4.79 Å². The number of rotatable bonds is 7. The Kier molecular flexibility index (Phi) is 5.79. The molecule has 0 aromatic heterocycles. The van der Waals surface area contributed by atoms with Crippen LogP contribution in [0.25, 0.3) is 5.70 Å². The van der Waals surface area contributed by atoms with Gasteiger partial charge < -0.3 is 10.1 Å². The first-order valence-corrected chi connectivity index (χ1v) is 8.90. The van der Waals surface area contributed by atoms with Crippen LogP contribution in [0, 0.1) is 0 Å². The van der Waals surface area contributed by atoms with Crippen molar-refractivity contribution in [2.75, 3.05) is 13.2 Å². The van der Waals surface area contributed by atoms with Crippen LogP contribution in [-0.4, -0.2) is 25.0 Å². The molecule has 0 bridgehead atoms. The molecule has 0 aliphatic carbocycles. The molecule has 2 aromatic carbocycles. The van der Waals surface area contributed by atoms with Crippen LogP contribution in [0.2, 0.25) is 0 Å². The van der Waals surface area contributed by atoms with Gasteiger partial charge in [0.25, 0.3) is 5.91 Å². The summed E-state index contributed by atoms with van der Waals surface area (Å²) in [7, 11) is 0. The first-order valence-electron chi connectivity index (χ1n) is 8.90. The maximum atomic E-state index is 13.1. The summed E-state index contributed by atoms with van der Waals surface area (Å²) < 4.78 is 5.02. The van der Waals surface area contributed by atoms with Crippen molar-refractivity contribution in [3.8, 4) is 0 Å². The zero-order valence-corrected chi connectivity index (χ0v) is 15.6. The van der Waals surface area contributed by atoms with Gasteiger partial charge in [-0.1, -0.05) is 67.2 Å². The summed E-state index contributed by atoms with van der Waals surface area (Å²) in [6.45, 7) is 5.31. The van der Waals surface area contributed by atoms with Crippen LogP contribution in [0.4, 0.5) is 0 Å². The van der Waals surface area contributed by atoms with Crippen molar-refractivity contribution in [3.05, 3.63) is 90.0 Å². The van der Waals surface area contributed by atoms with Gasteiger partial charge in [0.2, 0.25) is 5.54 Å². The second kappa shape index (κ2) is 8.43. The second-order valence-electron chi connectivity index (χ2n) is 6.40. The quantitative estimate of drug-likeness (QED) is 0.456. The van der Waals surface area contributed by atoms with Gasteiger partial charge in [0.15, 0.2) is 0 Å². The number of hydrogen-bond donors (Lipinski definition) is 1. The standard InChI is InChI=1S/C22H21N3O3/c1-16(2)20(26)28-14-13-23-21(27)22(18-11-7-4-8-12-18)15-19(24-25-22)17-9-5-3-6-10-17/h3-12,15H,1,13-14H2,2H3,(H,23,27). The molecule has 1 amide bonds. The Balaban J connectivity index is 1.80. The number of ether oxygens (including phenoxy) is 1. The van der Waals surface area contributed by atoms with Crippen LogP contribution in [0.15, 0.2) is 89.1 Å². The molecule has 0 saturated heterocycles. The van der Waals surface area contributed by atoms with Crippen LogP contribution in [-0.2, 0) is 19.9 Å². The van der Waals surface area contributed by atoms with Crippen molar-refractivity contribution in [2.24, 2.45) is 10.2 Å². The Labute approximate surface area is 163 Å². The number of carbonyl (C=O) groups excluding carboxylic acids is 2. The summed E-state index contributed by atoms with van der Waals surface area (Å²) >= 11 is 0. The lowest BCUT2D eigenvalue weighted by Gasteiger charge is -2.22. The summed E-state index contributed by atoms with van der Waals surface area (Å²) in [4.78, 5) is 24.5. The molecular formula is C22H21N3O3. The molecular weight excluding hydrogens is 354 g/mol. The van der Waals surface area contributed by atoms with E-state index in [1.165, 1.54) is 0 Å². The zero-order chi connectivity index (χ0) is 20.0. The van der Waals surface area contributed by atoms with Crippen molar-refractivity contribution in [3.63, 3.8) is 0 Å². The van der Waals surface area contributed by atoms with E-state index in [0.29, 0.717) is 16.8 Å². The predicted molar refractivity (Wildman–Crippen MR) is 106 cm³/mol. The van der Waals surface area contributed by atoms with E-state index in [1.807, 2.05) is 60.7 Å². The molecule has 1 atom stereocenters. The lowest BCUT2D eigenvalue weighted by atomic mass is 9.88. The minimum absolute atomic E-state index is 0.0503. The number of azo groups is 1. The van der Waals surface area contributed by atoms with Gasteiger partial charge in [-0.05, 0) is 18.6 Å². The average molecular weight is 375 g/mol. The largest absolute Gasteiger partial charge is 0.460 e. The van der Waals surface area contributed by atoms with Gasteiger partial charge in [-0.15, -0.1) is 0 Å². The van der Waals surface area contributed by atoms with E-state index in [4.69, 9.17) is 4.74 Å². The summed E-state index contributed by atoms with van der Waals surface area (Å²) in [5.74, 6) is -0.821. The molecule has 1 N–H and O–H groups in total. The number of carbonyl (C=O) groups is 2. The van der Waals surface area contributed by atoms with E-state index >= 15 is 0 Å². The SMILES string of the molecule is C=C(C)C(=O)OCCNC(=O)C1(c2ccccc2)C=C(c2ccccc2)N=N1. The van der Waals surface area contributed by atoms with Crippen LogP contribution >= 0.6 is 0 Å². The number of esters is 1. The Morgan fingerprint density at radius 1 is 1.07 bits per heavy atom. The van der Waals surface area contributed by atoms with Crippen LogP contribution in [0.3, 0.4) is 0 Å². The van der Waals surface area contributed by atoms with Crippen LogP contribution < -0.4 is 5.32 Å². The lowest BCUT2D eigenvalue weighted by Crippen LogP contribution is -2.42. The Bertz CT molecular complexity index is 936. The Hall–Kier alpha value is -3.54. The highest BCUT2D eigenvalue weighted by Gasteiger charge is 2.42. The van der Waals surface area contributed by atoms with Crippen LogP contribution in [0.1, 0.15) is 18.1 Å². The average Bonchev–Trinajstić information content (AvgIpc) is 3.19. The Morgan fingerprint density at radius 3 is 2.36 bits per heavy atom. The number of nitrogens with one attached hydrogen (secondary N) is 1. The number of nitrogens with zero attached hydrogens (tertiary/aromatic N) is 2. The monoisotopic (exact) mass is 375 g/mol.